The molecule has 1 fully saturated rings. The van der Waals surface area contributed by atoms with Crippen LogP contribution in [0.5, 0.6) is 5.75 Å². The summed E-state index contributed by atoms with van der Waals surface area (Å²) in [7, 11) is -1.89. The van der Waals surface area contributed by atoms with Gasteiger partial charge in [-0.1, -0.05) is 25.3 Å². The zero-order chi connectivity index (χ0) is 17.0. The number of benzene rings is 1. The van der Waals surface area contributed by atoms with Crippen LogP contribution in [-0.4, -0.2) is 35.5 Å². The molecule has 126 valence electrons. The second-order valence-corrected chi connectivity index (χ2v) is 5.49. The fourth-order valence-electron chi connectivity index (χ4n) is 2.61. The highest BCUT2D eigenvalue weighted by molar-refractivity contribution is 6.58. The van der Waals surface area contributed by atoms with E-state index in [0.29, 0.717) is 0 Å². The summed E-state index contributed by atoms with van der Waals surface area (Å²) in [6, 6.07) is 2.85. The number of halogens is 3. The zero-order valence-electron chi connectivity index (χ0n) is 12.3. The summed E-state index contributed by atoms with van der Waals surface area (Å²) in [5.74, 6) is -1.39. The Labute approximate surface area is 131 Å². The van der Waals surface area contributed by atoms with Gasteiger partial charge in [-0.05, 0) is 30.4 Å². The smallest absolute Gasteiger partial charge is 0.423 e. The van der Waals surface area contributed by atoms with Crippen LogP contribution < -0.4 is 15.5 Å². The Balaban J connectivity index is 2.24. The predicted molar refractivity (Wildman–Crippen MR) is 77.3 cm³/mol. The van der Waals surface area contributed by atoms with Crippen LogP contribution in [0.2, 0.25) is 0 Å². The fraction of sp³-hybridized carbons (Fsp3) is 0.500. The highest BCUT2D eigenvalue weighted by Crippen LogP contribution is 2.26. The van der Waals surface area contributed by atoms with Gasteiger partial charge in [0.15, 0.2) is 0 Å². The van der Waals surface area contributed by atoms with E-state index in [1.807, 2.05) is 0 Å². The van der Waals surface area contributed by atoms with E-state index in [2.05, 4.69) is 10.1 Å². The van der Waals surface area contributed by atoms with Gasteiger partial charge in [-0.15, -0.1) is 13.2 Å². The summed E-state index contributed by atoms with van der Waals surface area (Å²) in [6.07, 6.45) is -0.439. The molecule has 0 heterocycles. The minimum atomic E-state index is -4.95. The van der Waals surface area contributed by atoms with Crippen molar-refractivity contribution >= 4 is 18.5 Å². The number of nitrogens with one attached hydrogen (secondary N) is 1. The fourth-order valence-corrected chi connectivity index (χ4v) is 2.61. The van der Waals surface area contributed by atoms with Crippen LogP contribution in [0.15, 0.2) is 18.2 Å². The molecule has 9 heteroatoms. The van der Waals surface area contributed by atoms with Crippen LogP contribution in [-0.2, 0) is 0 Å². The molecule has 0 saturated heterocycles. The molecule has 5 nitrogen and oxygen atoms in total. The summed E-state index contributed by atoms with van der Waals surface area (Å²) >= 11 is 0. The molecule has 1 aromatic rings. The normalized spacial score (nSPS) is 16.0. The third kappa shape index (κ3) is 5.14. The Kier molecular flexibility index (Phi) is 5.53. The van der Waals surface area contributed by atoms with Crippen LogP contribution in [0.25, 0.3) is 0 Å². The van der Waals surface area contributed by atoms with Crippen molar-refractivity contribution in [2.24, 2.45) is 0 Å². The van der Waals surface area contributed by atoms with Gasteiger partial charge in [0.05, 0.1) is 5.56 Å². The van der Waals surface area contributed by atoms with Gasteiger partial charge < -0.3 is 20.1 Å². The molecule has 0 atom stereocenters. The molecule has 1 amide bonds. The van der Waals surface area contributed by atoms with Crippen LogP contribution in [0, 0.1) is 0 Å². The Morgan fingerprint density at radius 3 is 2.43 bits per heavy atom. The summed E-state index contributed by atoms with van der Waals surface area (Å²) in [5.41, 5.74) is -0.466. The Bertz CT molecular complexity index is 559. The number of carbonyl (C=O) groups is 1. The van der Waals surface area contributed by atoms with Gasteiger partial charge in [0.2, 0.25) is 0 Å². The van der Waals surface area contributed by atoms with Crippen molar-refractivity contribution in [1.82, 2.24) is 5.32 Å². The van der Waals surface area contributed by atoms with Gasteiger partial charge in [0.1, 0.15) is 5.75 Å². The maximum absolute atomic E-state index is 12.4. The van der Waals surface area contributed by atoms with Crippen molar-refractivity contribution < 1.29 is 32.8 Å². The van der Waals surface area contributed by atoms with Crippen molar-refractivity contribution in [3.8, 4) is 5.75 Å². The summed E-state index contributed by atoms with van der Waals surface area (Å²) < 4.78 is 41.2. The van der Waals surface area contributed by atoms with Gasteiger partial charge in [0.25, 0.3) is 5.91 Å². The average molecular weight is 331 g/mol. The third-order valence-corrected chi connectivity index (χ3v) is 3.71. The van der Waals surface area contributed by atoms with E-state index in [1.165, 1.54) is 0 Å². The maximum atomic E-state index is 12.4. The lowest BCUT2D eigenvalue weighted by Gasteiger charge is -2.23. The first-order chi connectivity index (χ1) is 10.8. The lowest BCUT2D eigenvalue weighted by molar-refractivity contribution is -0.274. The first-order valence-electron chi connectivity index (χ1n) is 7.33. The molecular weight excluding hydrogens is 314 g/mol. The standard InChI is InChI=1S/C14H17BF3NO4/c16-14(17,18)23-12-7-6-9(15(21)22)8-11(12)13(20)19-10-4-2-1-3-5-10/h6-8,10,21-22H,1-5H2,(H,19,20). The van der Waals surface area contributed by atoms with E-state index >= 15 is 0 Å². The van der Waals surface area contributed by atoms with E-state index in [4.69, 9.17) is 10.0 Å². The van der Waals surface area contributed by atoms with E-state index in [9.17, 15) is 18.0 Å². The lowest BCUT2D eigenvalue weighted by atomic mass is 9.79. The predicted octanol–water partition coefficient (Wildman–Crippen LogP) is 1.33. The SMILES string of the molecule is O=C(NC1CCCCC1)c1cc(B(O)O)ccc1OC(F)(F)F. The number of carbonyl (C=O) groups excluding carboxylic acids is 1. The molecule has 1 saturated carbocycles. The summed E-state index contributed by atoms with van der Waals surface area (Å²) in [5, 5.41) is 20.9. The lowest BCUT2D eigenvalue weighted by Crippen LogP contribution is -2.38. The molecule has 0 radical (unpaired) electrons. The first kappa shape index (κ1) is 17.6. The molecule has 1 aliphatic rings. The Hall–Kier alpha value is -1.74. The molecule has 0 aliphatic heterocycles. The van der Waals surface area contributed by atoms with Crippen LogP contribution >= 0.6 is 0 Å². The van der Waals surface area contributed by atoms with Gasteiger partial charge in [0, 0.05) is 6.04 Å². The van der Waals surface area contributed by atoms with Gasteiger partial charge in [-0.3, -0.25) is 4.79 Å². The Morgan fingerprint density at radius 2 is 1.87 bits per heavy atom. The van der Waals surface area contributed by atoms with Crippen LogP contribution in [0.4, 0.5) is 13.2 Å². The van der Waals surface area contributed by atoms with E-state index in [0.717, 1.165) is 50.3 Å². The largest absolute Gasteiger partial charge is 0.573 e. The molecule has 1 aromatic carbocycles. The number of rotatable bonds is 4. The molecule has 0 spiro atoms. The van der Waals surface area contributed by atoms with Crippen molar-refractivity contribution in [2.45, 2.75) is 44.5 Å². The third-order valence-electron chi connectivity index (χ3n) is 3.71. The molecule has 23 heavy (non-hydrogen) atoms. The average Bonchev–Trinajstić information content (AvgIpc) is 2.46. The van der Waals surface area contributed by atoms with E-state index in [1.54, 1.807) is 0 Å². The number of ether oxygens (including phenoxy) is 1. The van der Waals surface area contributed by atoms with E-state index in [-0.39, 0.29) is 17.1 Å². The maximum Gasteiger partial charge on any atom is 0.573 e. The van der Waals surface area contributed by atoms with Gasteiger partial charge >= 0.3 is 13.5 Å². The van der Waals surface area contributed by atoms with Crippen molar-refractivity contribution in [3.63, 3.8) is 0 Å². The highest BCUT2D eigenvalue weighted by Gasteiger charge is 2.33. The number of hydrogen-bond donors (Lipinski definition) is 3. The van der Waals surface area contributed by atoms with Crippen LogP contribution in [0.1, 0.15) is 42.5 Å². The number of hydrogen-bond acceptors (Lipinski definition) is 4. The van der Waals surface area contributed by atoms with Crippen LogP contribution in [0.3, 0.4) is 0 Å². The Morgan fingerprint density at radius 1 is 1.22 bits per heavy atom. The second kappa shape index (κ2) is 7.22. The molecule has 0 aromatic heterocycles. The first-order valence-corrected chi connectivity index (χ1v) is 7.33. The molecule has 1 aliphatic carbocycles. The number of alkyl halides is 3. The van der Waals surface area contributed by atoms with Crippen molar-refractivity contribution in [2.75, 3.05) is 0 Å². The molecular formula is C14H17BF3NO4. The van der Waals surface area contributed by atoms with Crippen molar-refractivity contribution in [1.29, 1.82) is 0 Å². The molecule has 0 bridgehead atoms. The van der Waals surface area contributed by atoms with Gasteiger partial charge in [-0.25, -0.2) is 0 Å². The monoisotopic (exact) mass is 331 g/mol. The minimum Gasteiger partial charge on any atom is -0.423 e. The molecule has 3 N–H and O–H groups in total. The minimum absolute atomic E-state index is 0.0895. The number of amides is 1. The molecule has 0 unspecified atom stereocenters. The topological polar surface area (TPSA) is 78.8 Å². The summed E-state index contributed by atoms with van der Waals surface area (Å²) in [4.78, 5) is 12.3. The quantitative estimate of drug-likeness (QED) is 0.728. The second-order valence-electron chi connectivity index (χ2n) is 5.49. The summed E-state index contributed by atoms with van der Waals surface area (Å²) in [6.45, 7) is 0. The molecule has 2 rings (SSSR count). The zero-order valence-corrected chi connectivity index (χ0v) is 12.3. The van der Waals surface area contributed by atoms with Crippen molar-refractivity contribution in [3.05, 3.63) is 23.8 Å². The van der Waals surface area contributed by atoms with Gasteiger partial charge in [-0.2, -0.15) is 0 Å². The highest BCUT2D eigenvalue weighted by atomic mass is 19.4. The van der Waals surface area contributed by atoms with E-state index < -0.39 is 25.1 Å².